The molecule has 0 fully saturated rings. The van der Waals surface area contributed by atoms with E-state index in [1.54, 1.807) is 7.11 Å². The first-order valence-electron chi connectivity index (χ1n) is 6.55. The van der Waals surface area contributed by atoms with Crippen molar-refractivity contribution >= 4 is 0 Å². The molecule has 19 heavy (non-hydrogen) atoms. The summed E-state index contributed by atoms with van der Waals surface area (Å²) < 4.78 is 5.15. The van der Waals surface area contributed by atoms with Crippen molar-refractivity contribution in [1.29, 1.82) is 0 Å². The van der Waals surface area contributed by atoms with E-state index in [-0.39, 0.29) is 0 Å². The molecule has 0 bridgehead atoms. The Balaban J connectivity index is 2.25. The fourth-order valence-corrected chi connectivity index (χ4v) is 2.17. The fourth-order valence-electron chi connectivity index (χ4n) is 2.17. The number of aromatic amines is 1. The molecule has 3 N–H and O–H groups in total. The summed E-state index contributed by atoms with van der Waals surface area (Å²) >= 11 is 0. The number of nitrogens with zero attached hydrogens (tertiary/aromatic N) is 1. The highest BCUT2D eigenvalue weighted by atomic mass is 16.5. The number of ether oxygens (including phenoxy) is 1. The second-order valence-corrected chi connectivity index (χ2v) is 5.04. The standard InChI is InChI=1S/C15H21N3O/c1-4-9-15(2,16)14-17-10-13(18-14)11-5-7-12(19-3)8-6-11/h5-8,10H,4,9,16H2,1-3H3,(H,17,18). The Morgan fingerprint density at radius 3 is 2.58 bits per heavy atom. The molecule has 102 valence electrons. The Bertz CT molecular complexity index is 529. The minimum Gasteiger partial charge on any atom is -0.497 e. The van der Waals surface area contributed by atoms with Crippen LogP contribution < -0.4 is 10.5 Å². The number of H-pyrrole nitrogens is 1. The Morgan fingerprint density at radius 1 is 1.32 bits per heavy atom. The van der Waals surface area contributed by atoms with Crippen molar-refractivity contribution in [1.82, 2.24) is 9.97 Å². The van der Waals surface area contributed by atoms with Gasteiger partial charge in [-0.2, -0.15) is 0 Å². The first-order chi connectivity index (χ1) is 9.06. The largest absolute Gasteiger partial charge is 0.497 e. The van der Waals surface area contributed by atoms with Crippen molar-refractivity contribution in [2.45, 2.75) is 32.2 Å². The minimum absolute atomic E-state index is 0.403. The topological polar surface area (TPSA) is 63.9 Å². The lowest BCUT2D eigenvalue weighted by molar-refractivity contribution is 0.415. The molecule has 4 nitrogen and oxygen atoms in total. The van der Waals surface area contributed by atoms with E-state index < -0.39 is 5.54 Å². The Labute approximate surface area is 114 Å². The molecule has 0 saturated carbocycles. The number of imidazole rings is 1. The van der Waals surface area contributed by atoms with Gasteiger partial charge in [-0.05, 0) is 43.2 Å². The molecule has 1 heterocycles. The van der Waals surface area contributed by atoms with Gasteiger partial charge in [0.15, 0.2) is 0 Å². The van der Waals surface area contributed by atoms with Crippen molar-refractivity contribution in [2.75, 3.05) is 7.11 Å². The van der Waals surface area contributed by atoms with Crippen LogP contribution in [0.25, 0.3) is 11.3 Å². The van der Waals surface area contributed by atoms with E-state index in [4.69, 9.17) is 10.5 Å². The van der Waals surface area contributed by atoms with Gasteiger partial charge in [0.25, 0.3) is 0 Å². The van der Waals surface area contributed by atoms with Gasteiger partial charge in [-0.1, -0.05) is 13.3 Å². The van der Waals surface area contributed by atoms with Crippen molar-refractivity contribution in [3.8, 4) is 17.0 Å². The lowest BCUT2D eigenvalue weighted by Gasteiger charge is -2.21. The lowest BCUT2D eigenvalue weighted by Crippen LogP contribution is -2.34. The molecule has 1 aromatic carbocycles. The van der Waals surface area contributed by atoms with Gasteiger partial charge in [0.2, 0.25) is 0 Å². The maximum atomic E-state index is 6.27. The van der Waals surface area contributed by atoms with Crippen LogP contribution in [0.4, 0.5) is 0 Å². The first kappa shape index (κ1) is 13.6. The molecule has 0 radical (unpaired) electrons. The summed E-state index contributed by atoms with van der Waals surface area (Å²) in [6.07, 6.45) is 3.77. The maximum Gasteiger partial charge on any atom is 0.126 e. The highest BCUT2D eigenvalue weighted by Crippen LogP contribution is 2.25. The molecular weight excluding hydrogens is 238 g/mol. The van der Waals surface area contributed by atoms with Gasteiger partial charge in [0.05, 0.1) is 24.5 Å². The Kier molecular flexibility index (Phi) is 3.90. The van der Waals surface area contributed by atoms with Crippen LogP contribution in [-0.4, -0.2) is 17.1 Å². The molecule has 0 aliphatic rings. The summed E-state index contributed by atoms with van der Waals surface area (Å²) in [6.45, 7) is 4.13. The van der Waals surface area contributed by atoms with Crippen LogP contribution in [0.1, 0.15) is 32.5 Å². The molecule has 1 aromatic heterocycles. The van der Waals surface area contributed by atoms with E-state index in [1.165, 1.54) is 0 Å². The maximum absolute atomic E-state index is 6.27. The highest BCUT2D eigenvalue weighted by Gasteiger charge is 2.23. The zero-order chi connectivity index (χ0) is 13.9. The number of aromatic nitrogens is 2. The quantitative estimate of drug-likeness (QED) is 0.867. The van der Waals surface area contributed by atoms with Gasteiger partial charge < -0.3 is 15.5 Å². The summed E-state index contributed by atoms with van der Waals surface area (Å²) in [5.74, 6) is 1.68. The van der Waals surface area contributed by atoms with Gasteiger partial charge in [-0.25, -0.2) is 4.98 Å². The number of methoxy groups -OCH3 is 1. The van der Waals surface area contributed by atoms with Crippen molar-refractivity contribution in [2.24, 2.45) is 5.73 Å². The van der Waals surface area contributed by atoms with Crippen molar-refractivity contribution in [3.05, 3.63) is 36.3 Å². The third kappa shape index (κ3) is 2.96. The summed E-state index contributed by atoms with van der Waals surface area (Å²) in [7, 11) is 1.66. The van der Waals surface area contributed by atoms with Gasteiger partial charge in [-0.15, -0.1) is 0 Å². The number of rotatable bonds is 5. The third-order valence-corrected chi connectivity index (χ3v) is 3.29. The van der Waals surface area contributed by atoms with Gasteiger partial charge in [0, 0.05) is 0 Å². The highest BCUT2D eigenvalue weighted by molar-refractivity contribution is 5.59. The fraction of sp³-hybridized carbons (Fsp3) is 0.400. The van der Waals surface area contributed by atoms with Crippen LogP contribution in [0, 0.1) is 0 Å². The molecule has 1 atom stereocenters. The minimum atomic E-state index is -0.403. The summed E-state index contributed by atoms with van der Waals surface area (Å²) in [6, 6.07) is 7.88. The van der Waals surface area contributed by atoms with Crippen LogP contribution >= 0.6 is 0 Å². The molecule has 0 aliphatic heterocycles. The summed E-state index contributed by atoms with van der Waals surface area (Å²) in [5.41, 5.74) is 7.92. The van der Waals surface area contributed by atoms with Crippen LogP contribution in [0.15, 0.2) is 30.5 Å². The van der Waals surface area contributed by atoms with E-state index in [0.29, 0.717) is 0 Å². The Hall–Kier alpha value is -1.81. The van der Waals surface area contributed by atoms with E-state index in [1.807, 2.05) is 37.4 Å². The van der Waals surface area contributed by atoms with Crippen LogP contribution in [0.3, 0.4) is 0 Å². The number of nitrogens with two attached hydrogens (primary N) is 1. The molecular formula is C15H21N3O. The molecule has 4 heteroatoms. The summed E-state index contributed by atoms with van der Waals surface area (Å²) in [5, 5.41) is 0. The second kappa shape index (κ2) is 5.45. The van der Waals surface area contributed by atoms with E-state index in [9.17, 15) is 0 Å². The predicted octanol–water partition coefficient (Wildman–Crippen LogP) is 3.06. The monoisotopic (exact) mass is 259 g/mol. The smallest absolute Gasteiger partial charge is 0.126 e. The van der Waals surface area contributed by atoms with E-state index in [0.717, 1.165) is 35.7 Å². The predicted molar refractivity (Wildman–Crippen MR) is 77.0 cm³/mol. The number of benzene rings is 1. The van der Waals surface area contributed by atoms with Crippen LogP contribution in [0.5, 0.6) is 5.75 Å². The average Bonchev–Trinajstić information content (AvgIpc) is 2.89. The molecule has 2 rings (SSSR count). The zero-order valence-corrected chi connectivity index (χ0v) is 11.7. The molecule has 0 spiro atoms. The number of hydrogen-bond acceptors (Lipinski definition) is 3. The summed E-state index contributed by atoms with van der Waals surface area (Å²) in [4.78, 5) is 7.73. The first-order valence-corrected chi connectivity index (χ1v) is 6.55. The van der Waals surface area contributed by atoms with Gasteiger partial charge in [0.1, 0.15) is 11.6 Å². The normalized spacial score (nSPS) is 14.1. The van der Waals surface area contributed by atoms with Crippen molar-refractivity contribution in [3.63, 3.8) is 0 Å². The van der Waals surface area contributed by atoms with Crippen LogP contribution in [0.2, 0.25) is 0 Å². The second-order valence-electron chi connectivity index (χ2n) is 5.04. The SMILES string of the molecule is CCCC(C)(N)c1ncc(-c2ccc(OC)cc2)[nH]1. The lowest BCUT2D eigenvalue weighted by atomic mass is 9.97. The molecule has 0 saturated heterocycles. The molecule has 0 amide bonds. The molecule has 1 unspecified atom stereocenters. The molecule has 0 aliphatic carbocycles. The number of nitrogens with one attached hydrogen (secondary N) is 1. The molecule has 2 aromatic rings. The van der Waals surface area contributed by atoms with Crippen molar-refractivity contribution < 1.29 is 4.74 Å². The van der Waals surface area contributed by atoms with Gasteiger partial charge in [-0.3, -0.25) is 0 Å². The average molecular weight is 259 g/mol. The Morgan fingerprint density at radius 2 is 2.00 bits per heavy atom. The third-order valence-electron chi connectivity index (χ3n) is 3.29. The van der Waals surface area contributed by atoms with E-state index >= 15 is 0 Å². The van der Waals surface area contributed by atoms with Gasteiger partial charge >= 0.3 is 0 Å². The van der Waals surface area contributed by atoms with Crippen LogP contribution in [-0.2, 0) is 5.54 Å². The number of hydrogen-bond donors (Lipinski definition) is 2. The van der Waals surface area contributed by atoms with E-state index in [2.05, 4.69) is 16.9 Å². The zero-order valence-electron chi connectivity index (χ0n) is 11.7.